The van der Waals surface area contributed by atoms with Gasteiger partial charge >= 0.3 is 0 Å². The van der Waals surface area contributed by atoms with Crippen molar-refractivity contribution in [2.75, 3.05) is 6.54 Å². The van der Waals surface area contributed by atoms with Gasteiger partial charge in [0.2, 0.25) is 0 Å². The molecule has 0 amide bonds. The molecule has 6 heteroatoms. The minimum Gasteiger partial charge on any atom is -0.330 e. The number of aromatic nitrogens is 3. The SMILES string of the molecule is NCC1(c2cc(F)cc(-c3ccnc4n[nH]c(Br)c34)c2)CCC1. The molecule has 3 aromatic rings. The molecule has 2 aromatic heterocycles. The number of H-pyrrole nitrogens is 1. The molecule has 0 saturated heterocycles. The maximum atomic E-state index is 14.3. The molecule has 0 bridgehead atoms. The Morgan fingerprint density at radius 1 is 1.30 bits per heavy atom. The van der Waals surface area contributed by atoms with Crippen LogP contribution in [0, 0.1) is 5.82 Å². The molecule has 1 aromatic carbocycles. The van der Waals surface area contributed by atoms with Gasteiger partial charge in [-0.15, -0.1) is 0 Å². The number of benzene rings is 1. The lowest BCUT2D eigenvalue weighted by Gasteiger charge is -2.41. The van der Waals surface area contributed by atoms with Crippen LogP contribution in [-0.2, 0) is 5.41 Å². The van der Waals surface area contributed by atoms with Gasteiger partial charge in [-0.3, -0.25) is 5.10 Å². The van der Waals surface area contributed by atoms with E-state index in [2.05, 4.69) is 37.2 Å². The first kappa shape index (κ1) is 14.8. The van der Waals surface area contributed by atoms with Gasteiger partial charge in [0.1, 0.15) is 10.4 Å². The summed E-state index contributed by atoms with van der Waals surface area (Å²) in [6.07, 6.45) is 4.88. The Morgan fingerprint density at radius 2 is 2.13 bits per heavy atom. The summed E-state index contributed by atoms with van der Waals surface area (Å²) in [6.45, 7) is 0.553. The Labute approximate surface area is 141 Å². The molecule has 0 radical (unpaired) electrons. The minimum atomic E-state index is -0.234. The van der Waals surface area contributed by atoms with Crippen LogP contribution in [0.25, 0.3) is 22.2 Å². The van der Waals surface area contributed by atoms with Crippen molar-refractivity contribution < 1.29 is 4.39 Å². The highest BCUT2D eigenvalue weighted by atomic mass is 79.9. The Balaban J connectivity index is 1.92. The van der Waals surface area contributed by atoms with Crippen LogP contribution in [-0.4, -0.2) is 21.7 Å². The minimum absolute atomic E-state index is 0.0728. The predicted octanol–water partition coefficient (Wildman–Crippen LogP) is 3.91. The van der Waals surface area contributed by atoms with Crippen molar-refractivity contribution in [1.29, 1.82) is 0 Å². The molecule has 0 unspecified atom stereocenters. The number of rotatable bonds is 3. The summed E-state index contributed by atoms with van der Waals surface area (Å²) in [5.74, 6) is -0.234. The molecule has 3 N–H and O–H groups in total. The summed E-state index contributed by atoms with van der Waals surface area (Å²) in [4.78, 5) is 4.24. The maximum absolute atomic E-state index is 14.3. The molecule has 4 rings (SSSR count). The lowest BCUT2D eigenvalue weighted by Crippen LogP contribution is -2.41. The van der Waals surface area contributed by atoms with Gasteiger partial charge in [-0.1, -0.05) is 12.5 Å². The van der Waals surface area contributed by atoms with E-state index in [1.165, 1.54) is 0 Å². The summed E-state index contributed by atoms with van der Waals surface area (Å²) >= 11 is 3.46. The van der Waals surface area contributed by atoms with E-state index in [0.717, 1.165) is 45.9 Å². The van der Waals surface area contributed by atoms with Crippen LogP contribution in [0.3, 0.4) is 0 Å². The standard InChI is InChI=1S/C17H16BrFN4/c18-15-14-13(2-5-21-16(14)23-22-15)10-6-11(8-12(19)7-10)17(9-20)3-1-4-17/h2,5-8H,1,3-4,9,20H2,(H,21,22,23). The number of nitrogens with two attached hydrogens (primary N) is 1. The molecule has 4 nitrogen and oxygen atoms in total. The van der Waals surface area contributed by atoms with E-state index in [4.69, 9.17) is 5.73 Å². The van der Waals surface area contributed by atoms with E-state index in [0.29, 0.717) is 12.2 Å². The highest BCUT2D eigenvalue weighted by Crippen LogP contribution is 2.44. The average molecular weight is 375 g/mol. The Bertz CT molecular complexity index is 880. The predicted molar refractivity (Wildman–Crippen MR) is 91.6 cm³/mol. The van der Waals surface area contributed by atoms with Crippen LogP contribution in [0.2, 0.25) is 0 Å². The van der Waals surface area contributed by atoms with Gasteiger partial charge in [-0.25, -0.2) is 9.37 Å². The second-order valence-electron chi connectivity index (χ2n) is 6.16. The molecule has 0 aliphatic heterocycles. The fraction of sp³-hybridized carbons (Fsp3) is 0.294. The smallest absolute Gasteiger partial charge is 0.182 e. The molecule has 2 heterocycles. The summed E-state index contributed by atoms with van der Waals surface area (Å²) in [5, 5.41) is 7.88. The topological polar surface area (TPSA) is 67.6 Å². The fourth-order valence-electron chi connectivity index (χ4n) is 3.42. The number of hydrogen-bond acceptors (Lipinski definition) is 3. The highest BCUT2D eigenvalue weighted by Gasteiger charge is 2.37. The van der Waals surface area contributed by atoms with Crippen molar-refractivity contribution in [1.82, 2.24) is 15.2 Å². The number of aromatic amines is 1. The van der Waals surface area contributed by atoms with Gasteiger partial charge in [0.15, 0.2) is 5.65 Å². The Morgan fingerprint density at radius 3 is 2.83 bits per heavy atom. The molecule has 118 valence electrons. The van der Waals surface area contributed by atoms with Crippen LogP contribution in [0.4, 0.5) is 4.39 Å². The zero-order chi connectivity index (χ0) is 16.0. The van der Waals surface area contributed by atoms with Gasteiger partial charge < -0.3 is 5.73 Å². The lowest BCUT2D eigenvalue weighted by atomic mass is 9.64. The number of nitrogens with zero attached hydrogens (tertiary/aromatic N) is 2. The molecule has 0 spiro atoms. The van der Waals surface area contributed by atoms with Crippen LogP contribution in [0.5, 0.6) is 0 Å². The average Bonchev–Trinajstić information content (AvgIpc) is 2.88. The second-order valence-corrected chi connectivity index (χ2v) is 6.95. The summed E-state index contributed by atoms with van der Waals surface area (Å²) in [6, 6.07) is 7.12. The number of halogens is 2. The molecule has 23 heavy (non-hydrogen) atoms. The van der Waals surface area contributed by atoms with Gasteiger partial charge in [-0.05, 0) is 63.7 Å². The molecular weight excluding hydrogens is 359 g/mol. The molecule has 1 fully saturated rings. The zero-order valence-corrected chi connectivity index (χ0v) is 14.0. The molecule has 1 aliphatic rings. The third kappa shape index (κ3) is 2.28. The first-order valence-electron chi connectivity index (χ1n) is 7.63. The van der Waals surface area contributed by atoms with E-state index in [1.54, 1.807) is 18.3 Å². The first-order chi connectivity index (χ1) is 11.1. The van der Waals surface area contributed by atoms with Crippen LogP contribution < -0.4 is 5.73 Å². The highest BCUT2D eigenvalue weighted by molar-refractivity contribution is 9.10. The van der Waals surface area contributed by atoms with Crippen molar-refractivity contribution in [3.63, 3.8) is 0 Å². The van der Waals surface area contributed by atoms with E-state index >= 15 is 0 Å². The molecule has 0 atom stereocenters. The number of hydrogen-bond donors (Lipinski definition) is 2. The third-order valence-electron chi connectivity index (χ3n) is 4.93. The van der Waals surface area contributed by atoms with Gasteiger partial charge in [0.25, 0.3) is 0 Å². The summed E-state index contributed by atoms with van der Waals surface area (Å²) in [7, 11) is 0. The number of pyridine rings is 1. The van der Waals surface area contributed by atoms with Crippen molar-refractivity contribution in [2.45, 2.75) is 24.7 Å². The Hall–Kier alpha value is -1.79. The number of fused-ring (bicyclic) bond motifs is 1. The Kier molecular flexibility index (Phi) is 3.46. The zero-order valence-electron chi connectivity index (χ0n) is 12.4. The first-order valence-corrected chi connectivity index (χ1v) is 8.42. The van der Waals surface area contributed by atoms with E-state index in [9.17, 15) is 4.39 Å². The van der Waals surface area contributed by atoms with Crippen LogP contribution >= 0.6 is 15.9 Å². The van der Waals surface area contributed by atoms with Crippen molar-refractivity contribution in [3.8, 4) is 11.1 Å². The second kappa shape index (κ2) is 5.39. The van der Waals surface area contributed by atoms with Crippen molar-refractivity contribution in [3.05, 3.63) is 46.4 Å². The molecule has 1 aliphatic carbocycles. The van der Waals surface area contributed by atoms with Crippen molar-refractivity contribution in [2.24, 2.45) is 5.73 Å². The third-order valence-corrected chi connectivity index (χ3v) is 5.51. The van der Waals surface area contributed by atoms with Crippen molar-refractivity contribution >= 4 is 27.0 Å². The summed E-state index contributed by atoms with van der Waals surface area (Å²) in [5.41, 5.74) is 9.24. The van der Waals surface area contributed by atoms with Crippen LogP contribution in [0.1, 0.15) is 24.8 Å². The van der Waals surface area contributed by atoms with E-state index in [1.807, 2.05) is 6.07 Å². The maximum Gasteiger partial charge on any atom is 0.182 e. The quantitative estimate of drug-likeness (QED) is 0.730. The van der Waals surface area contributed by atoms with E-state index < -0.39 is 0 Å². The lowest BCUT2D eigenvalue weighted by molar-refractivity contribution is 0.252. The van der Waals surface area contributed by atoms with Crippen LogP contribution in [0.15, 0.2) is 35.1 Å². The monoisotopic (exact) mass is 374 g/mol. The van der Waals surface area contributed by atoms with Gasteiger partial charge in [0.05, 0.1) is 5.39 Å². The van der Waals surface area contributed by atoms with Gasteiger partial charge in [-0.2, -0.15) is 5.10 Å². The largest absolute Gasteiger partial charge is 0.330 e. The molecular formula is C17H16BrFN4. The fourth-order valence-corrected chi connectivity index (χ4v) is 3.90. The summed E-state index contributed by atoms with van der Waals surface area (Å²) < 4.78 is 15.0. The molecule has 1 saturated carbocycles. The van der Waals surface area contributed by atoms with E-state index in [-0.39, 0.29) is 11.2 Å². The number of nitrogens with one attached hydrogen (secondary N) is 1. The normalized spacial score (nSPS) is 16.5. The van der Waals surface area contributed by atoms with Gasteiger partial charge in [0, 0.05) is 18.2 Å².